The van der Waals surface area contributed by atoms with Gasteiger partial charge in [-0.25, -0.2) is 48.9 Å². The van der Waals surface area contributed by atoms with E-state index in [2.05, 4.69) is 158 Å². The van der Waals surface area contributed by atoms with E-state index in [0.717, 1.165) is 77.2 Å². The molecule has 13 rings (SSSR count). The number of aromatic nitrogens is 15. The average molecular weight is 1040 g/mol. The Morgan fingerprint density at radius 2 is 1.05 bits per heavy atom. The van der Waals surface area contributed by atoms with Gasteiger partial charge in [-0.05, 0) is 115 Å². The number of fused-ring (bicyclic) bond motifs is 3. The van der Waals surface area contributed by atoms with Crippen LogP contribution in [0.3, 0.4) is 0 Å². The Morgan fingerprint density at radius 1 is 0.474 bits per heavy atom. The van der Waals surface area contributed by atoms with Gasteiger partial charge in [-0.15, -0.1) is 32.9 Å². The van der Waals surface area contributed by atoms with Crippen molar-refractivity contribution in [2.45, 2.75) is 38.9 Å². The van der Waals surface area contributed by atoms with Crippen molar-refractivity contribution in [1.29, 1.82) is 0 Å². The Hall–Kier alpha value is -9.66. The summed E-state index contributed by atoms with van der Waals surface area (Å²) in [6.45, 7) is 6.34. The fraction of sp³-hybridized carbons (Fsp3) is 0.107. The van der Waals surface area contributed by atoms with Crippen LogP contribution in [0.15, 0.2) is 200 Å². The minimum atomic E-state index is 0.109. The van der Waals surface area contributed by atoms with Gasteiger partial charge in [0.2, 0.25) is 0 Å². The fourth-order valence-electron chi connectivity index (χ4n) is 8.34. The van der Waals surface area contributed by atoms with Crippen LogP contribution >= 0.6 is 22.7 Å². The van der Waals surface area contributed by atoms with Gasteiger partial charge in [-0.2, -0.15) is 5.10 Å². The summed E-state index contributed by atoms with van der Waals surface area (Å²) in [7, 11) is 0. The molecule has 0 fully saturated rings. The zero-order valence-corrected chi connectivity index (χ0v) is 42.9. The molecule has 0 spiro atoms. The molecule has 13 aromatic rings. The molecule has 76 heavy (non-hydrogen) atoms. The first-order valence-corrected chi connectivity index (χ1v) is 26.0. The Labute approximate surface area is 444 Å². The van der Waals surface area contributed by atoms with Crippen LogP contribution in [-0.4, -0.2) is 74.7 Å². The van der Waals surface area contributed by atoms with Gasteiger partial charge in [0.15, 0.2) is 0 Å². The second kappa shape index (κ2) is 22.6. The van der Waals surface area contributed by atoms with E-state index in [-0.39, 0.29) is 18.1 Å². The molecule has 20 heteroatoms. The van der Waals surface area contributed by atoms with Crippen LogP contribution in [-0.2, 0) is 0 Å². The summed E-state index contributed by atoms with van der Waals surface area (Å²) in [6, 6.07) is 49.1. The average Bonchev–Trinajstić information content (AvgIpc) is 4.36. The summed E-state index contributed by atoms with van der Waals surface area (Å²) >= 11 is 3.24. The molecule has 5 aromatic carbocycles. The highest BCUT2D eigenvalue weighted by atomic mass is 32.1. The Morgan fingerprint density at radius 3 is 1.64 bits per heavy atom. The number of hydrogen-bond acceptors (Lipinski definition) is 17. The third kappa shape index (κ3) is 11.1. The monoisotopic (exact) mass is 1040 g/mol. The van der Waals surface area contributed by atoms with Gasteiger partial charge >= 0.3 is 0 Å². The van der Waals surface area contributed by atoms with Gasteiger partial charge < -0.3 is 16.0 Å². The summed E-state index contributed by atoms with van der Waals surface area (Å²) in [5, 5.41) is 37.6. The first-order chi connectivity index (χ1) is 37.4. The van der Waals surface area contributed by atoms with Crippen LogP contribution in [0, 0.1) is 0 Å². The lowest BCUT2D eigenvalue weighted by Gasteiger charge is -2.16. The van der Waals surface area contributed by atoms with Crippen molar-refractivity contribution in [3.8, 4) is 28.3 Å². The second-order valence-corrected chi connectivity index (χ2v) is 19.2. The van der Waals surface area contributed by atoms with E-state index < -0.39 is 0 Å². The van der Waals surface area contributed by atoms with Crippen molar-refractivity contribution in [2.75, 3.05) is 16.0 Å². The molecule has 0 saturated carbocycles. The Balaban J connectivity index is 0.000000124. The number of anilines is 3. The van der Waals surface area contributed by atoms with E-state index in [9.17, 15) is 0 Å². The van der Waals surface area contributed by atoms with Crippen LogP contribution in [0.1, 0.15) is 55.6 Å². The van der Waals surface area contributed by atoms with Gasteiger partial charge in [0.05, 0.1) is 39.5 Å². The minimum absolute atomic E-state index is 0.109. The van der Waals surface area contributed by atoms with Crippen molar-refractivity contribution < 1.29 is 0 Å². The molecule has 0 amide bonds. The van der Waals surface area contributed by atoms with Crippen molar-refractivity contribution in [1.82, 2.24) is 74.7 Å². The summed E-state index contributed by atoms with van der Waals surface area (Å²) in [6.07, 6.45) is 11.6. The molecular formula is C56H48N18S2. The van der Waals surface area contributed by atoms with Crippen LogP contribution in [0.4, 0.5) is 17.5 Å². The van der Waals surface area contributed by atoms with E-state index in [1.807, 2.05) is 107 Å². The van der Waals surface area contributed by atoms with Crippen LogP contribution in [0.2, 0.25) is 0 Å². The van der Waals surface area contributed by atoms with Gasteiger partial charge in [0.25, 0.3) is 0 Å². The summed E-state index contributed by atoms with van der Waals surface area (Å²) in [5.41, 5.74) is 10.3. The van der Waals surface area contributed by atoms with Gasteiger partial charge in [-0.1, -0.05) is 89.3 Å². The van der Waals surface area contributed by atoms with E-state index >= 15 is 0 Å². The highest BCUT2D eigenvalue weighted by molar-refractivity contribution is 7.17. The molecule has 8 aromatic heterocycles. The molecule has 0 radical (unpaired) electrons. The standard InChI is InChI=1S/C22H18N6S.C20H16N6S.C14H14N6/c1-15(25-21-19-11-12-29-22(19)24-14-23-21)16-7-9-18(10-8-16)28-13-20(26-27-28)17-5-3-2-4-6-17;1-13(23-19-16-10-11-27-20(16)22-12-21-19)14-6-8-15(9-7-14)26-18-5-3-2-4-17(18)24-25-26;1-11(19-14-6-7-15-8-17-14)12-2-4-13(5-3-12)20-10-16-9-18-20/h2-15H,1H3,(H,23,24,25);2-13H,1H3,(H,21,22,23);2-11H,1H3,(H,15,17,19). The predicted molar refractivity (Wildman–Crippen MR) is 300 cm³/mol. The van der Waals surface area contributed by atoms with Crippen LogP contribution in [0.5, 0.6) is 0 Å². The molecule has 0 saturated heterocycles. The number of para-hydroxylation sites is 1. The quantitative estimate of drug-likeness (QED) is 0.0982. The first kappa shape index (κ1) is 48.6. The maximum atomic E-state index is 4.40. The zero-order chi connectivity index (χ0) is 51.6. The predicted octanol–water partition coefficient (Wildman–Crippen LogP) is 11.9. The first-order valence-electron chi connectivity index (χ1n) is 24.3. The number of nitrogens with one attached hydrogen (secondary N) is 3. The van der Waals surface area contributed by atoms with Gasteiger partial charge in [0.1, 0.15) is 70.0 Å². The highest BCUT2D eigenvalue weighted by Crippen LogP contribution is 2.30. The molecule has 0 aliphatic rings. The molecule has 0 bridgehead atoms. The number of hydrogen-bond donors (Lipinski definition) is 3. The lowest BCUT2D eigenvalue weighted by molar-refractivity contribution is 0.801. The molecule has 3 unspecified atom stereocenters. The van der Waals surface area contributed by atoms with Crippen molar-refractivity contribution in [3.63, 3.8) is 0 Å². The SMILES string of the molecule is CC(Nc1ccncn1)c1ccc(-n2cncn2)cc1.CC(Nc1ncnc2sccc12)c1ccc(-n2cc(-c3ccccc3)nn2)cc1.CC(Nc1ncnc2sccc12)c1ccc(-n2nnc3ccccc32)cc1. The zero-order valence-electron chi connectivity index (χ0n) is 41.3. The third-order valence-corrected chi connectivity index (χ3v) is 14.1. The lowest BCUT2D eigenvalue weighted by atomic mass is 10.1. The van der Waals surface area contributed by atoms with E-state index in [4.69, 9.17) is 0 Å². The Kier molecular flexibility index (Phi) is 14.5. The molecular weight excluding hydrogens is 989 g/mol. The molecule has 0 aliphatic carbocycles. The van der Waals surface area contributed by atoms with Crippen molar-refractivity contribution in [3.05, 3.63) is 217 Å². The lowest BCUT2D eigenvalue weighted by Crippen LogP contribution is -2.08. The summed E-state index contributed by atoms with van der Waals surface area (Å²) in [4.78, 5) is 31.4. The fourth-order valence-corrected chi connectivity index (χ4v) is 9.80. The number of benzene rings is 5. The normalized spacial score (nSPS) is 12.2. The third-order valence-electron chi connectivity index (χ3n) is 12.5. The minimum Gasteiger partial charge on any atom is -0.363 e. The largest absolute Gasteiger partial charge is 0.363 e. The molecule has 3 N–H and O–H groups in total. The van der Waals surface area contributed by atoms with Crippen LogP contribution < -0.4 is 16.0 Å². The summed E-state index contributed by atoms with van der Waals surface area (Å²) < 4.78 is 5.38. The maximum absolute atomic E-state index is 4.40. The molecule has 0 aliphatic heterocycles. The number of rotatable bonds is 13. The van der Waals surface area contributed by atoms with Gasteiger partial charge in [-0.3, -0.25) is 0 Å². The second-order valence-electron chi connectivity index (χ2n) is 17.4. The highest BCUT2D eigenvalue weighted by Gasteiger charge is 2.14. The number of nitrogens with zero attached hydrogens (tertiary/aromatic N) is 15. The maximum Gasteiger partial charge on any atom is 0.138 e. The summed E-state index contributed by atoms with van der Waals surface area (Å²) in [5.74, 6) is 2.53. The smallest absolute Gasteiger partial charge is 0.138 e. The van der Waals surface area contributed by atoms with E-state index in [0.29, 0.717) is 0 Å². The molecule has 8 heterocycles. The number of thiophene rings is 2. The van der Waals surface area contributed by atoms with Gasteiger partial charge in [0, 0.05) is 29.9 Å². The Bertz CT molecular complexity index is 3920. The molecule has 3 atom stereocenters. The molecule has 374 valence electrons. The molecule has 18 nitrogen and oxygen atoms in total. The van der Waals surface area contributed by atoms with Crippen molar-refractivity contribution in [2.24, 2.45) is 0 Å². The van der Waals surface area contributed by atoms with Crippen LogP contribution in [0.25, 0.3) is 59.8 Å². The van der Waals surface area contributed by atoms with E-state index in [1.165, 1.54) is 29.3 Å². The van der Waals surface area contributed by atoms with E-state index in [1.54, 1.807) is 57.2 Å². The topological polar surface area (TPSA) is 206 Å². The van der Waals surface area contributed by atoms with Crippen molar-refractivity contribution >= 4 is 71.6 Å².